The molecule has 0 amide bonds. The number of aliphatic carboxylic acids is 1. The lowest BCUT2D eigenvalue weighted by Gasteiger charge is -2.18. The Morgan fingerprint density at radius 3 is 2.18 bits per heavy atom. The van der Waals surface area contributed by atoms with Crippen LogP contribution in [0.25, 0.3) is 0 Å². The highest BCUT2D eigenvalue weighted by Gasteiger charge is 2.16. The van der Waals surface area contributed by atoms with E-state index in [9.17, 15) is 9.59 Å². The maximum Gasteiger partial charge on any atom is 0.308 e. The number of carbonyl (C=O) groups excluding carboxylic acids is 1. The number of esters is 1. The van der Waals surface area contributed by atoms with E-state index in [1.807, 2.05) is 0 Å². The zero-order chi connectivity index (χ0) is 13.3. The summed E-state index contributed by atoms with van der Waals surface area (Å²) in [4.78, 5) is 20.8. The maximum atomic E-state index is 10.8. The first-order valence-corrected chi connectivity index (χ1v) is 4.75. The second-order valence-electron chi connectivity index (χ2n) is 3.56. The van der Waals surface area contributed by atoms with Crippen LogP contribution < -0.4 is 5.73 Å². The second-order valence-corrected chi connectivity index (χ2v) is 3.56. The summed E-state index contributed by atoms with van der Waals surface area (Å²) in [5.41, 5.74) is 4.32. The molecule has 0 saturated carbocycles. The molecule has 0 atom stereocenters. The largest absolute Gasteiger partial charge is 0.481 e. The minimum atomic E-state index is -1.03. The van der Waals surface area contributed by atoms with Crippen LogP contribution in [0.5, 0.6) is 0 Å². The predicted molar refractivity (Wildman–Crippen MR) is 55.5 cm³/mol. The van der Waals surface area contributed by atoms with Crippen LogP contribution >= 0.6 is 0 Å². The SMILES string of the molecule is CC(C)(N)OC(=O)CCC(=O)O.c1cnon1. The third kappa shape index (κ3) is 12.0. The number of rotatable bonds is 4. The zero-order valence-corrected chi connectivity index (χ0v) is 9.62. The molecule has 0 aliphatic rings. The van der Waals surface area contributed by atoms with E-state index in [0.717, 1.165) is 0 Å². The van der Waals surface area contributed by atoms with Crippen molar-refractivity contribution in [2.24, 2.45) is 5.73 Å². The van der Waals surface area contributed by atoms with E-state index in [4.69, 9.17) is 10.8 Å². The number of nitrogens with zero attached hydrogens (tertiary/aromatic N) is 2. The number of nitrogens with two attached hydrogens (primary N) is 1. The Morgan fingerprint density at radius 2 is 1.88 bits per heavy atom. The summed E-state index contributed by atoms with van der Waals surface area (Å²) in [5.74, 6) is -1.62. The van der Waals surface area contributed by atoms with Gasteiger partial charge in [0.25, 0.3) is 0 Å². The highest BCUT2D eigenvalue weighted by Crippen LogP contribution is 2.02. The summed E-state index contributed by atoms with van der Waals surface area (Å²) in [7, 11) is 0. The van der Waals surface area contributed by atoms with E-state index in [1.165, 1.54) is 26.2 Å². The Morgan fingerprint density at radius 1 is 1.35 bits per heavy atom. The van der Waals surface area contributed by atoms with E-state index in [2.05, 4.69) is 19.7 Å². The number of hydrogen-bond donors (Lipinski definition) is 2. The van der Waals surface area contributed by atoms with Gasteiger partial charge < -0.3 is 9.84 Å². The number of carboxylic acid groups (broad SMARTS) is 1. The molecule has 0 aliphatic carbocycles. The Balaban J connectivity index is 0.000000419. The maximum absolute atomic E-state index is 10.8. The van der Waals surface area contributed by atoms with Gasteiger partial charge >= 0.3 is 11.9 Å². The molecule has 96 valence electrons. The van der Waals surface area contributed by atoms with Crippen LogP contribution in [-0.4, -0.2) is 33.1 Å². The van der Waals surface area contributed by atoms with Gasteiger partial charge in [-0.1, -0.05) is 10.3 Å². The third-order valence-electron chi connectivity index (χ3n) is 1.20. The van der Waals surface area contributed by atoms with Gasteiger partial charge in [0.1, 0.15) is 0 Å². The Hall–Kier alpha value is -1.96. The summed E-state index contributed by atoms with van der Waals surface area (Å²) in [6.07, 6.45) is 2.57. The third-order valence-corrected chi connectivity index (χ3v) is 1.20. The molecule has 0 spiro atoms. The average Bonchev–Trinajstić information content (AvgIpc) is 2.69. The van der Waals surface area contributed by atoms with Gasteiger partial charge in [0.05, 0.1) is 25.2 Å². The molecule has 8 nitrogen and oxygen atoms in total. The molecule has 0 aromatic carbocycles. The van der Waals surface area contributed by atoms with Crippen molar-refractivity contribution in [3.63, 3.8) is 0 Å². The average molecular weight is 245 g/mol. The van der Waals surface area contributed by atoms with Crippen LogP contribution in [0.3, 0.4) is 0 Å². The first kappa shape index (κ1) is 15.0. The van der Waals surface area contributed by atoms with Crippen molar-refractivity contribution in [3.05, 3.63) is 12.4 Å². The molecule has 0 unspecified atom stereocenters. The van der Waals surface area contributed by atoms with Gasteiger partial charge in [-0.05, 0) is 13.8 Å². The number of ether oxygens (including phenoxy) is 1. The van der Waals surface area contributed by atoms with E-state index >= 15 is 0 Å². The fraction of sp³-hybridized carbons (Fsp3) is 0.556. The summed E-state index contributed by atoms with van der Waals surface area (Å²) in [6.45, 7) is 3.04. The molecule has 0 bridgehead atoms. The first-order valence-electron chi connectivity index (χ1n) is 4.75. The molecule has 0 aliphatic heterocycles. The molecule has 1 aromatic heterocycles. The summed E-state index contributed by atoms with van der Waals surface area (Å²) in [5, 5.41) is 14.7. The van der Waals surface area contributed by atoms with Crippen LogP contribution in [0.4, 0.5) is 0 Å². The van der Waals surface area contributed by atoms with Gasteiger partial charge in [-0.15, -0.1) is 0 Å². The van der Waals surface area contributed by atoms with Crippen LogP contribution in [0.1, 0.15) is 26.7 Å². The van der Waals surface area contributed by atoms with Gasteiger partial charge in [0.15, 0.2) is 5.72 Å². The lowest BCUT2D eigenvalue weighted by Crippen LogP contribution is -2.37. The smallest absolute Gasteiger partial charge is 0.308 e. The van der Waals surface area contributed by atoms with Crippen molar-refractivity contribution in [1.29, 1.82) is 0 Å². The first-order chi connectivity index (χ1) is 7.81. The minimum absolute atomic E-state index is 0.143. The van der Waals surface area contributed by atoms with Gasteiger partial charge in [0.2, 0.25) is 0 Å². The van der Waals surface area contributed by atoms with Gasteiger partial charge in [-0.3, -0.25) is 15.3 Å². The van der Waals surface area contributed by atoms with E-state index in [-0.39, 0.29) is 12.8 Å². The summed E-state index contributed by atoms with van der Waals surface area (Å²) in [6, 6.07) is 0. The minimum Gasteiger partial charge on any atom is -0.481 e. The normalized spacial score (nSPS) is 10.1. The Labute approximate surface area is 97.7 Å². The summed E-state index contributed by atoms with van der Waals surface area (Å²) < 4.78 is 8.75. The molecule has 1 rings (SSSR count). The Bertz CT molecular complexity index is 314. The number of carboxylic acids is 1. The van der Waals surface area contributed by atoms with E-state index in [0.29, 0.717) is 0 Å². The lowest BCUT2D eigenvalue weighted by atomic mass is 10.3. The molecular formula is C9H15N3O5. The molecule has 17 heavy (non-hydrogen) atoms. The van der Waals surface area contributed by atoms with E-state index < -0.39 is 17.7 Å². The molecular weight excluding hydrogens is 230 g/mol. The van der Waals surface area contributed by atoms with Crippen molar-refractivity contribution in [2.45, 2.75) is 32.4 Å². The zero-order valence-electron chi connectivity index (χ0n) is 9.62. The van der Waals surface area contributed by atoms with Crippen molar-refractivity contribution in [3.8, 4) is 0 Å². The standard InChI is InChI=1S/C7H13NO4.C2H2N2O/c1-7(2,8)12-6(11)4-3-5(9)10;1-2-4-5-3-1/h3-4,8H2,1-2H3,(H,9,10);1-2H. The lowest BCUT2D eigenvalue weighted by molar-refractivity contribution is -0.158. The van der Waals surface area contributed by atoms with Crippen LogP contribution in [0.15, 0.2) is 17.0 Å². The highest BCUT2D eigenvalue weighted by molar-refractivity contribution is 5.76. The Kier molecular flexibility index (Phi) is 6.49. The molecule has 3 N–H and O–H groups in total. The number of hydrogen-bond acceptors (Lipinski definition) is 7. The van der Waals surface area contributed by atoms with Gasteiger partial charge in [0, 0.05) is 0 Å². The summed E-state index contributed by atoms with van der Waals surface area (Å²) >= 11 is 0. The monoisotopic (exact) mass is 245 g/mol. The molecule has 0 fully saturated rings. The van der Waals surface area contributed by atoms with Crippen molar-refractivity contribution in [1.82, 2.24) is 10.3 Å². The molecule has 0 radical (unpaired) electrons. The number of carbonyl (C=O) groups is 2. The van der Waals surface area contributed by atoms with Crippen LogP contribution in [0.2, 0.25) is 0 Å². The van der Waals surface area contributed by atoms with Crippen molar-refractivity contribution in [2.75, 3.05) is 0 Å². The van der Waals surface area contributed by atoms with Crippen LogP contribution in [0, 0.1) is 0 Å². The molecule has 1 aromatic rings. The molecule has 8 heteroatoms. The van der Waals surface area contributed by atoms with Gasteiger partial charge in [-0.2, -0.15) is 0 Å². The van der Waals surface area contributed by atoms with Gasteiger partial charge in [-0.25, -0.2) is 4.63 Å². The van der Waals surface area contributed by atoms with E-state index in [1.54, 1.807) is 0 Å². The van der Waals surface area contributed by atoms with Crippen LogP contribution in [-0.2, 0) is 14.3 Å². The van der Waals surface area contributed by atoms with Crippen molar-refractivity contribution < 1.29 is 24.1 Å². The number of aromatic nitrogens is 2. The molecule has 0 saturated heterocycles. The molecule has 1 heterocycles. The topological polar surface area (TPSA) is 129 Å². The fourth-order valence-corrected chi connectivity index (χ4v) is 0.690. The fourth-order valence-electron chi connectivity index (χ4n) is 0.690. The predicted octanol–water partition coefficient (Wildman–Crippen LogP) is 0.159. The van der Waals surface area contributed by atoms with Crippen molar-refractivity contribution >= 4 is 11.9 Å². The second kappa shape index (κ2) is 7.34. The quantitative estimate of drug-likeness (QED) is 0.566. The highest BCUT2D eigenvalue weighted by atomic mass is 16.6.